The van der Waals surface area contributed by atoms with Crippen LogP contribution in [-0.4, -0.2) is 31.3 Å². The van der Waals surface area contributed by atoms with Gasteiger partial charge in [-0.15, -0.1) is 0 Å². The first-order chi connectivity index (χ1) is 8.98. The van der Waals surface area contributed by atoms with Gasteiger partial charge in [-0.3, -0.25) is 4.79 Å². The number of benzene rings is 1. The van der Waals surface area contributed by atoms with Gasteiger partial charge in [0, 0.05) is 6.54 Å². The molecule has 19 heavy (non-hydrogen) atoms. The fourth-order valence-electron chi connectivity index (χ4n) is 2.25. The Labute approximate surface area is 112 Å². The highest BCUT2D eigenvalue weighted by Crippen LogP contribution is 2.34. The second-order valence-corrected chi connectivity index (χ2v) is 6.96. The largest absolute Gasteiger partial charge is 0.481 e. The van der Waals surface area contributed by atoms with Gasteiger partial charge < -0.3 is 10.8 Å². The molecular weight excluding hydrogens is 266 g/mol. The standard InChI is InChI=1S/C13H17NO4S/c14-8-11(13(15)16)10-6-1-2-7-12(10)19(17,18)9-4-3-5-9/h1-2,6-7,9,11H,3-5,8,14H2,(H,15,16). The average molecular weight is 283 g/mol. The van der Waals surface area contributed by atoms with E-state index in [4.69, 9.17) is 10.8 Å². The molecule has 1 saturated carbocycles. The number of aliphatic carboxylic acids is 1. The molecule has 0 radical (unpaired) electrons. The molecule has 1 aliphatic rings. The summed E-state index contributed by atoms with van der Waals surface area (Å²) in [6.45, 7) is -0.119. The van der Waals surface area contributed by atoms with Crippen LogP contribution < -0.4 is 5.73 Å². The van der Waals surface area contributed by atoms with Crippen LogP contribution in [0.1, 0.15) is 30.7 Å². The van der Waals surface area contributed by atoms with Crippen LogP contribution in [0.3, 0.4) is 0 Å². The van der Waals surface area contributed by atoms with Crippen molar-refractivity contribution in [2.24, 2.45) is 5.73 Å². The molecule has 1 aromatic carbocycles. The first kappa shape index (κ1) is 14.0. The molecule has 0 aliphatic heterocycles. The smallest absolute Gasteiger partial charge is 0.312 e. The van der Waals surface area contributed by atoms with Crippen LogP contribution in [0.5, 0.6) is 0 Å². The molecular formula is C13H17NO4S. The Morgan fingerprint density at radius 3 is 2.47 bits per heavy atom. The van der Waals surface area contributed by atoms with Crippen LogP contribution >= 0.6 is 0 Å². The van der Waals surface area contributed by atoms with Crippen molar-refractivity contribution >= 4 is 15.8 Å². The maximum atomic E-state index is 12.4. The molecule has 0 aromatic heterocycles. The third-order valence-electron chi connectivity index (χ3n) is 3.63. The SMILES string of the molecule is NCC(C(=O)O)c1ccccc1S(=O)(=O)C1CCC1. The number of nitrogens with two attached hydrogens (primary N) is 1. The van der Waals surface area contributed by atoms with Crippen molar-refractivity contribution in [3.8, 4) is 0 Å². The van der Waals surface area contributed by atoms with Crippen LogP contribution in [0.4, 0.5) is 0 Å². The molecule has 0 amide bonds. The van der Waals surface area contributed by atoms with Crippen molar-refractivity contribution in [3.05, 3.63) is 29.8 Å². The normalized spacial score (nSPS) is 17.7. The lowest BCUT2D eigenvalue weighted by molar-refractivity contribution is -0.138. The van der Waals surface area contributed by atoms with Crippen LogP contribution in [0.15, 0.2) is 29.2 Å². The number of rotatable bonds is 5. The highest BCUT2D eigenvalue weighted by Gasteiger charge is 2.35. The van der Waals surface area contributed by atoms with Gasteiger partial charge in [0.15, 0.2) is 9.84 Å². The first-order valence-electron chi connectivity index (χ1n) is 6.24. The first-order valence-corrected chi connectivity index (χ1v) is 7.78. The van der Waals surface area contributed by atoms with E-state index in [0.717, 1.165) is 6.42 Å². The minimum atomic E-state index is -3.44. The Morgan fingerprint density at radius 2 is 2.00 bits per heavy atom. The van der Waals surface area contributed by atoms with Crippen LogP contribution in [0, 0.1) is 0 Å². The van der Waals surface area contributed by atoms with E-state index in [0.29, 0.717) is 18.4 Å². The molecule has 3 N–H and O–H groups in total. The molecule has 0 bridgehead atoms. The van der Waals surface area contributed by atoms with Crippen molar-refractivity contribution in [2.75, 3.05) is 6.54 Å². The second-order valence-electron chi connectivity index (χ2n) is 4.76. The molecule has 1 unspecified atom stereocenters. The van der Waals surface area contributed by atoms with Gasteiger partial charge in [0.1, 0.15) is 0 Å². The number of sulfone groups is 1. The number of hydrogen-bond donors (Lipinski definition) is 2. The van der Waals surface area contributed by atoms with Gasteiger partial charge in [-0.05, 0) is 24.5 Å². The molecule has 1 fully saturated rings. The van der Waals surface area contributed by atoms with Gasteiger partial charge in [-0.25, -0.2) is 8.42 Å². The van der Waals surface area contributed by atoms with Crippen LogP contribution in [0.25, 0.3) is 0 Å². The average Bonchev–Trinajstić information content (AvgIpc) is 2.27. The van der Waals surface area contributed by atoms with E-state index in [1.54, 1.807) is 12.1 Å². The summed E-state index contributed by atoms with van der Waals surface area (Å²) in [6.07, 6.45) is 2.21. The molecule has 1 aromatic rings. The summed E-state index contributed by atoms with van der Waals surface area (Å²) in [5.74, 6) is -2.08. The Bertz CT molecular complexity index is 578. The maximum absolute atomic E-state index is 12.4. The minimum Gasteiger partial charge on any atom is -0.481 e. The predicted molar refractivity (Wildman–Crippen MR) is 70.7 cm³/mol. The Balaban J connectivity index is 2.49. The number of hydrogen-bond acceptors (Lipinski definition) is 4. The van der Waals surface area contributed by atoms with E-state index >= 15 is 0 Å². The molecule has 0 saturated heterocycles. The van der Waals surface area contributed by atoms with Gasteiger partial charge >= 0.3 is 5.97 Å². The zero-order chi connectivity index (χ0) is 14.0. The summed E-state index contributed by atoms with van der Waals surface area (Å²) in [7, 11) is -3.44. The van der Waals surface area contributed by atoms with Gasteiger partial charge in [0.2, 0.25) is 0 Å². The summed E-state index contributed by atoms with van der Waals surface area (Å²) in [6, 6.07) is 6.27. The lowest BCUT2D eigenvalue weighted by atomic mass is 9.99. The van der Waals surface area contributed by atoms with E-state index in [2.05, 4.69) is 0 Å². The van der Waals surface area contributed by atoms with Crippen molar-refractivity contribution in [3.63, 3.8) is 0 Å². The number of carbonyl (C=O) groups is 1. The third kappa shape index (κ3) is 2.50. The third-order valence-corrected chi connectivity index (χ3v) is 5.96. The van der Waals surface area contributed by atoms with Crippen molar-refractivity contribution in [2.45, 2.75) is 35.3 Å². The van der Waals surface area contributed by atoms with Gasteiger partial charge in [-0.1, -0.05) is 24.6 Å². The fourth-order valence-corrected chi connectivity index (χ4v) is 4.37. The maximum Gasteiger partial charge on any atom is 0.312 e. The monoisotopic (exact) mass is 283 g/mol. The van der Waals surface area contributed by atoms with Crippen molar-refractivity contribution in [1.82, 2.24) is 0 Å². The van der Waals surface area contributed by atoms with Crippen LogP contribution in [0.2, 0.25) is 0 Å². The van der Waals surface area contributed by atoms with E-state index in [1.807, 2.05) is 0 Å². The zero-order valence-corrected chi connectivity index (χ0v) is 11.3. The summed E-state index contributed by atoms with van der Waals surface area (Å²) in [4.78, 5) is 11.3. The highest BCUT2D eigenvalue weighted by atomic mass is 32.2. The van der Waals surface area contributed by atoms with E-state index in [1.165, 1.54) is 12.1 Å². The van der Waals surface area contributed by atoms with Gasteiger partial charge in [0.25, 0.3) is 0 Å². The molecule has 5 nitrogen and oxygen atoms in total. The Morgan fingerprint density at radius 1 is 1.37 bits per heavy atom. The second kappa shape index (κ2) is 5.30. The lowest BCUT2D eigenvalue weighted by Crippen LogP contribution is -2.31. The van der Waals surface area contributed by atoms with Gasteiger partial charge in [0.05, 0.1) is 16.1 Å². The number of carboxylic acids is 1. The summed E-state index contributed by atoms with van der Waals surface area (Å²) >= 11 is 0. The van der Waals surface area contributed by atoms with Crippen LogP contribution in [-0.2, 0) is 14.6 Å². The van der Waals surface area contributed by atoms with Crippen molar-refractivity contribution < 1.29 is 18.3 Å². The molecule has 6 heteroatoms. The zero-order valence-electron chi connectivity index (χ0n) is 10.5. The molecule has 0 heterocycles. The summed E-state index contributed by atoms with van der Waals surface area (Å²) < 4.78 is 24.9. The molecule has 1 atom stereocenters. The van der Waals surface area contributed by atoms with Crippen molar-refractivity contribution in [1.29, 1.82) is 0 Å². The fraction of sp³-hybridized carbons (Fsp3) is 0.462. The minimum absolute atomic E-state index is 0.119. The summed E-state index contributed by atoms with van der Waals surface area (Å²) in [5.41, 5.74) is 5.76. The summed E-state index contributed by atoms with van der Waals surface area (Å²) in [5, 5.41) is 8.78. The molecule has 1 aliphatic carbocycles. The molecule has 2 rings (SSSR count). The topological polar surface area (TPSA) is 97.5 Å². The van der Waals surface area contributed by atoms with Gasteiger partial charge in [-0.2, -0.15) is 0 Å². The molecule has 104 valence electrons. The van der Waals surface area contributed by atoms with E-state index in [9.17, 15) is 13.2 Å². The lowest BCUT2D eigenvalue weighted by Gasteiger charge is -2.27. The van der Waals surface area contributed by atoms with E-state index < -0.39 is 21.7 Å². The highest BCUT2D eigenvalue weighted by molar-refractivity contribution is 7.92. The Kier molecular flexibility index (Phi) is 3.91. The quantitative estimate of drug-likeness (QED) is 0.844. The number of carboxylic acid groups (broad SMARTS) is 1. The van der Waals surface area contributed by atoms with E-state index in [-0.39, 0.29) is 16.7 Å². The Hall–Kier alpha value is -1.40. The predicted octanol–water partition coefficient (Wildman–Crippen LogP) is 1.14. The molecule has 0 spiro atoms.